The fraction of sp³-hybridized carbons (Fsp3) is 0.100. The van der Waals surface area contributed by atoms with Crippen molar-refractivity contribution < 1.29 is 38.6 Å². The minimum atomic E-state index is -5.39. The fourth-order valence-corrected chi connectivity index (χ4v) is 2.53. The second-order valence-corrected chi connectivity index (χ2v) is 6.80. The first-order valence-corrected chi connectivity index (χ1v) is 10.1. The summed E-state index contributed by atoms with van der Waals surface area (Å²) in [7, 11) is -3.82. The van der Waals surface area contributed by atoms with Crippen LogP contribution in [0.5, 0.6) is 11.5 Å². The summed E-state index contributed by atoms with van der Waals surface area (Å²) in [5, 5.41) is 11.2. The molecule has 31 heavy (non-hydrogen) atoms. The van der Waals surface area contributed by atoms with Gasteiger partial charge in [-0.05, 0) is 29.8 Å². The normalized spacial score (nSPS) is 11.1. The molecule has 0 saturated heterocycles. The van der Waals surface area contributed by atoms with Gasteiger partial charge in [0, 0.05) is 5.56 Å². The van der Waals surface area contributed by atoms with Crippen LogP contribution in [0.15, 0.2) is 49.1 Å². The van der Waals surface area contributed by atoms with E-state index in [2.05, 4.69) is 16.5 Å². The molecule has 3 rings (SSSR count). The third-order valence-electron chi connectivity index (χ3n) is 3.73. The highest BCUT2D eigenvalue weighted by molar-refractivity contribution is 7.40. The van der Waals surface area contributed by atoms with Crippen molar-refractivity contribution in [3.8, 4) is 11.5 Å². The van der Waals surface area contributed by atoms with Crippen molar-refractivity contribution in [3.63, 3.8) is 0 Å². The van der Waals surface area contributed by atoms with Crippen molar-refractivity contribution in [3.05, 3.63) is 66.0 Å². The number of hydrogen-bond donors (Lipinski definition) is 1. The monoisotopic (exact) mass is 444 g/mol. The first-order valence-electron chi connectivity index (χ1n) is 8.65. The number of benzene rings is 2. The topological polar surface area (TPSA) is 174 Å². The van der Waals surface area contributed by atoms with Crippen molar-refractivity contribution in [2.45, 2.75) is 0 Å². The van der Waals surface area contributed by atoms with E-state index in [0.717, 1.165) is 5.56 Å². The number of carboxylic acid groups (broad SMARTS) is 1. The van der Waals surface area contributed by atoms with E-state index in [9.17, 15) is 9.90 Å². The number of aromatic carboxylic acids is 1. The van der Waals surface area contributed by atoms with E-state index in [4.69, 9.17) is 28.7 Å². The van der Waals surface area contributed by atoms with Crippen molar-refractivity contribution in [2.75, 3.05) is 13.7 Å². The minimum absolute atomic E-state index is 0.0591. The van der Waals surface area contributed by atoms with Gasteiger partial charge in [0.15, 0.2) is 11.5 Å². The number of fused-ring (bicyclic) bond motifs is 1. The molecule has 0 fully saturated rings. The molecule has 0 saturated carbocycles. The summed E-state index contributed by atoms with van der Waals surface area (Å²) in [5.41, 5.74) is 1.95. The van der Waals surface area contributed by atoms with Crippen LogP contribution in [0.2, 0.25) is 0 Å². The number of phosphoric acid groups is 1. The van der Waals surface area contributed by atoms with E-state index in [-0.39, 0.29) is 5.56 Å². The molecule has 0 aliphatic carbocycles. The zero-order valence-corrected chi connectivity index (χ0v) is 17.2. The van der Waals surface area contributed by atoms with Crippen molar-refractivity contribution in [1.29, 1.82) is 0 Å². The summed E-state index contributed by atoms with van der Waals surface area (Å²) in [4.78, 5) is 44.2. The number of carboxylic acids is 1. The average Bonchev–Trinajstić information content (AvgIpc) is 3.12. The third kappa shape index (κ3) is 7.40. The summed E-state index contributed by atoms with van der Waals surface area (Å²) in [6.45, 7) is 4.01. The molecule has 0 radical (unpaired) electrons. The second kappa shape index (κ2) is 10.6. The summed E-state index contributed by atoms with van der Waals surface area (Å²) in [6.07, 6.45) is 5.27. The van der Waals surface area contributed by atoms with Gasteiger partial charge in [0.25, 0.3) is 0 Å². The Kier molecular flexibility index (Phi) is 8.12. The first kappa shape index (κ1) is 23.8. The van der Waals surface area contributed by atoms with E-state index < -0.39 is 13.8 Å². The van der Waals surface area contributed by atoms with Crippen LogP contribution in [0, 0.1) is 0 Å². The number of carbonyl (C=O) groups is 1. The van der Waals surface area contributed by atoms with E-state index in [1.165, 1.54) is 6.07 Å². The summed E-state index contributed by atoms with van der Waals surface area (Å²) < 4.78 is 19.4. The van der Waals surface area contributed by atoms with Gasteiger partial charge < -0.3 is 43.6 Å². The number of methoxy groups -OCH3 is 1. The lowest BCUT2D eigenvalue weighted by molar-refractivity contribution is -0.432. The molecule has 10 nitrogen and oxygen atoms in total. The smallest absolute Gasteiger partial charge is 0.161 e. The molecular weight excluding hydrogens is 427 g/mol. The molecule has 0 bridgehead atoms. The fourth-order valence-electron chi connectivity index (χ4n) is 2.53. The largest absolute Gasteiger partial charge is 0.822 e. The Morgan fingerprint density at radius 3 is 2.52 bits per heavy atom. The molecule has 0 aliphatic rings. The lowest BCUT2D eigenvalue weighted by Crippen LogP contribution is -2.24. The Bertz CT molecular complexity index is 1140. The Balaban J connectivity index is 0.000000614. The maximum atomic E-state index is 11.2. The molecule has 164 valence electrons. The number of rotatable bonds is 7. The molecule has 0 amide bonds. The highest BCUT2D eigenvalue weighted by atomic mass is 31.2. The molecule has 11 heteroatoms. The molecule has 1 aromatic heterocycles. The standard InChI is InChI=1S/C20H18N2O4.H3O4P/c1-3-11-26-16-9-7-13(12-17(16)25-2)8-10-18-21-15-6-4-5-14(20(23)24)19(15)22-18;1-5(2,3)4/h3-10,12H,1,11H2,2H3,(H,21,22)(H,23,24);(H3,1,2,3,4)/p-4/b10-8+;. The predicted molar refractivity (Wildman–Crippen MR) is 106 cm³/mol. The van der Waals surface area contributed by atoms with Gasteiger partial charge in [-0.1, -0.05) is 36.9 Å². The van der Waals surface area contributed by atoms with Gasteiger partial charge in [-0.3, -0.25) is 0 Å². The third-order valence-corrected chi connectivity index (χ3v) is 3.73. The molecule has 3 aromatic rings. The van der Waals surface area contributed by atoms with Crippen LogP contribution in [0.25, 0.3) is 23.2 Å². The highest BCUT2D eigenvalue weighted by Gasteiger charge is 2.07. The molecule has 0 aliphatic heterocycles. The summed E-state index contributed by atoms with van der Waals surface area (Å²) in [5.74, 6) is 0.530. The summed E-state index contributed by atoms with van der Waals surface area (Å²) in [6, 6.07) is 10.4. The number of para-hydroxylation sites is 1. The SMILES string of the molecule is C=CCOc1ccc(/C=C/c2nc3c(C(=O)[O-])cccc3[nH]2)cc1OC.O=P([O-])([O-])[O-]. The number of hydrogen-bond acceptors (Lipinski definition) is 9. The lowest BCUT2D eigenvalue weighted by Gasteiger charge is -2.36. The average molecular weight is 444 g/mol. The quantitative estimate of drug-likeness (QED) is 0.384. The highest BCUT2D eigenvalue weighted by Crippen LogP contribution is 2.29. The Hall–Kier alpha value is -3.43. The van der Waals surface area contributed by atoms with Crippen LogP contribution in [-0.2, 0) is 4.57 Å². The number of ether oxygens (including phenoxy) is 2. The van der Waals surface area contributed by atoms with Crippen molar-refractivity contribution in [1.82, 2.24) is 9.97 Å². The van der Waals surface area contributed by atoms with Gasteiger partial charge >= 0.3 is 0 Å². The Labute approximate surface area is 177 Å². The number of nitrogens with one attached hydrogen (secondary N) is 1. The van der Waals surface area contributed by atoms with Crippen LogP contribution < -0.4 is 29.3 Å². The Morgan fingerprint density at radius 1 is 1.19 bits per heavy atom. The number of imidazole rings is 1. The van der Waals surface area contributed by atoms with E-state index >= 15 is 0 Å². The van der Waals surface area contributed by atoms with Gasteiger partial charge in [0.05, 0.1) is 24.1 Å². The molecule has 1 N–H and O–H groups in total. The van der Waals surface area contributed by atoms with Crippen LogP contribution in [-0.4, -0.2) is 29.7 Å². The predicted octanol–water partition coefficient (Wildman–Crippen LogP) is -0.154. The number of aromatic nitrogens is 2. The molecule has 0 unspecified atom stereocenters. The van der Waals surface area contributed by atoms with E-state index in [1.807, 2.05) is 24.3 Å². The molecule has 0 spiro atoms. The van der Waals surface area contributed by atoms with Crippen LogP contribution in [0.1, 0.15) is 21.7 Å². The van der Waals surface area contributed by atoms with Gasteiger partial charge in [-0.25, -0.2) is 4.98 Å². The number of nitrogens with zero attached hydrogens (tertiary/aromatic N) is 1. The van der Waals surface area contributed by atoms with Crippen LogP contribution in [0.4, 0.5) is 0 Å². The van der Waals surface area contributed by atoms with Crippen molar-refractivity contribution >= 4 is 37.0 Å². The van der Waals surface area contributed by atoms with Crippen LogP contribution >= 0.6 is 7.82 Å². The molecular formula is C20H17N2O8P-4. The van der Waals surface area contributed by atoms with Crippen LogP contribution in [0.3, 0.4) is 0 Å². The Morgan fingerprint density at radius 2 is 1.90 bits per heavy atom. The maximum absolute atomic E-state index is 11.2. The van der Waals surface area contributed by atoms with Gasteiger partial charge in [0.1, 0.15) is 12.4 Å². The molecule has 0 atom stereocenters. The summed E-state index contributed by atoms with van der Waals surface area (Å²) >= 11 is 0. The number of carbonyl (C=O) groups excluding carboxylic acids is 1. The zero-order valence-electron chi connectivity index (χ0n) is 16.3. The van der Waals surface area contributed by atoms with E-state index in [1.54, 1.807) is 31.4 Å². The number of H-pyrrole nitrogens is 1. The minimum Gasteiger partial charge on any atom is -0.822 e. The van der Waals surface area contributed by atoms with Gasteiger partial charge in [0.2, 0.25) is 0 Å². The maximum Gasteiger partial charge on any atom is 0.161 e. The second-order valence-electron chi connectivity index (χ2n) is 5.90. The lowest BCUT2D eigenvalue weighted by atomic mass is 10.2. The molecule has 1 heterocycles. The number of aromatic amines is 1. The molecule has 2 aromatic carbocycles. The van der Waals surface area contributed by atoms with Crippen molar-refractivity contribution in [2.24, 2.45) is 0 Å². The van der Waals surface area contributed by atoms with Gasteiger partial charge in [-0.15, -0.1) is 0 Å². The van der Waals surface area contributed by atoms with Gasteiger partial charge in [-0.2, -0.15) is 7.82 Å². The first-order chi connectivity index (χ1) is 14.6. The van der Waals surface area contributed by atoms with E-state index in [0.29, 0.717) is 35.0 Å². The zero-order chi connectivity index (χ0) is 23.0.